The Morgan fingerprint density at radius 1 is 1.47 bits per heavy atom. The Balaban J connectivity index is 2.23. The molecule has 0 aromatic heterocycles. The summed E-state index contributed by atoms with van der Waals surface area (Å²) in [5.74, 6) is 0.592. The van der Waals surface area contributed by atoms with Crippen LogP contribution in [0.2, 0.25) is 5.02 Å². The summed E-state index contributed by atoms with van der Waals surface area (Å²) in [6.07, 6.45) is -0.714. The van der Waals surface area contributed by atoms with Crippen molar-refractivity contribution in [2.75, 3.05) is 26.3 Å². The minimum absolute atomic E-state index is 0.120. The minimum Gasteiger partial charge on any atom is -0.491 e. The Morgan fingerprint density at radius 3 is 2.84 bits per heavy atom. The van der Waals surface area contributed by atoms with Gasteiger partial charge in [-0.15, -0.1) is 0 Å². The quantitative estimate of drug-likeness (QED) is 0.557. The van der Waals surface area contributed by atoms with E-state index in [1.54, 1.807) is 24.3 Å². The highest BCUT2D eigenvalue weighted by Crippen LogP contribution is 2.17. The van der Waals surface area contributed by atoms with Crippen LogP contribution in [-0.2, 0) is 0 Å². The highest BCUT2D eigenvalue weighted by atomic mass is 35.5. The van der Waals surface area contributed by atoms with Crippen LogP contribution in [0, 0.1) is 0 Å². The Hall–Kier alpha value is -0.850. The van der Waals surface area contributed by atoms with Gasteiger partial charge in [0.1, 0.15) is 18.5 Å². The molecule has 1 rings (SSSR count). The van der Waals surface area contributed by atoms with Gasteiger partial charge in [-0.25, -0.2) is 0 Å². The van der Waals surface area contributed by atoms with Gasteiger partial charge in [0.25, 0.3) is 0 Å². The number of hydrogen-bond donors (Lipinski definition) is 4. The number of aliphatic hydroxyl groups excluding tert-OH is 2. The first-order valence-corrected chi connectivity index (χ1v) is 6.41. The van der Waals surface area contributed by atoms with E-state index in [2.05, 4.69) is 5.32 Å². The molecule has 0 aliphatic heterocycles. The van der Waals surface area contributed by atoms with E-state index in [0.29, 0.717) is 10.8 Å². The minimum atomic E-state index is -1.19. The number of nitrogens with one attached hydrogen (secondary N) is 1. The smallest absolute Gasteiger partial charge is 0.120 e. The van der Waals surface area contributed by atoms with Gasteiger partial charge in [0.05, 0.1) is 12.2 Å². The maximum absolute atomic E-state index is 9.68. The SMILES string of the molecule is CC(O)(CO)CNCC(O)COc1cccc(Cl)c1. The molecule has 5 nitrogen and oxygen atoms in total. The zero-order valence-electron chi connectivity index (χ0n) is 10.8. The Kier molecular flexibility index (Phi) is 6.54. The van der Waals surface area contributed by atoms with Crippen molar-refractivity contribution < 1.29 is 20.1 Å². The molecule has 1 aromatic carbocycles. The van der Waals surface area contributed by atoms with Gasteiger partial charge >= 0.3 is 0 Å². The molecule has 0 saturated carbocycles. The second-order valence-electron chi connectivity index (χ2n) is 4.71. The zero-order valence-corrected chi connectivity index (χ0v) is 11.6. The largest absolute Gasteiger partial charge is 0.491 e. The summed E-state index contributed by atoms with van der Waals surface area (Å²) in [6.45, 7) is 1.74. The highest BCUT2D eigenvalue weighted by Gasteiger charge is 2.18. The predicted octanol–water partition coefficient (Wildman–Crippen LogP) is 0.413. The average Bonchev–Trinajstić information content (AvgIpc) is 2.36. The molecule has 0 radical (unpaired) electrons. The first-order valence-electron chi connectivity index (χ1n) is 6.03. The molecule has 0 aliphatic carbocycles. The molecule has 108 valence electrons. The van der Waals surface area contributed by atoms with Crippen LogP contribution in [0.1, 0.15) is 6.92 Å². The maximum atomic E-state index is 9.68. The molecule has 0 bridgehead atoms. The van der Waals surface area contributed by atoms with Gasteiger partial charge in [-0.1, -0.05) is 17.7 Å². The van der Waals surface area contributed by atoms with E-state index in [1.807, 2.05) is 0 Å². The topological polar surface area (TPSA) is 82.0 Å². The summed E-state index contributed by atoms with van der Waals surface area (Å²) in [7, 11) is 0. The summed E-state index contributed by atoms with van der Waals surface area (Å²) in [4.78, 5) is 0. The molecule has 0 fully saturated rings. The van der Waals surface area contributed by atoms with Gasteiger partial charge in [0.15, 0.2) is 0 Å². The molecule has 1 aromatic rings. The number of hydrogen-bond acceptors (Lipinski definition) is 5. The number of ether oxygens (including phenoxy) is 1. The van der Waals surface area contributed by atoms with Crippen molar-refractivity contribution in [1.29, 1.82) is 0 Å². The molecule has 0 amide bonds. The monoisotopic (exact) mass is 289 g/mol. The second-order valence-corrected chi connectivity index (χ2v) is 5.14. The number of halogens is 1. The summed E-state index contributed by atoms with van der Waals surface area (Å²) < 4.78 is 5.37. The number of aliphatic hydroxyl groups is 3. The molecule has 0 aliphatic rings. The Bertz CT molecular complexity index is 387. The van der Waals surface area contributed by atoms with Gasteiger partial charge in [0, 0.05) is 18.1 Å². The second kappa shape index (κ2) is 7.67. The average molecular weight is 290 g/mol. The fourth-order valence-corrected chi connectivity index (χ4v) is 1.55. The maximum Gasteiger partial charge on any atom is 0.120 e. The van der Waals surface area contributed by atoms with Crippen LogP contribution in [0.4, 0.5) is 0 Å². The fourth-order valence-electron chi connectivity index (χ4n) is 1.37. The van der Waals surface area contributed by atoms with Crippen LogP contribution in [0.25, 0.3) is 0 Å². The molecule has 6 heteroatoms. The third-order valence-electron chi connectivity index (χ3n) is 2.46. The van der Waals surface area contributed by atoms with E-state index in [1.165, 1.54) is 6.92 Å². The van der Waals surface area contributed by atoms with Gasteiger partial charge in [-0.05, 0) is 25.1 Å². The Morgan fingerprint density at radius 2 is 2.21 bits per heavy atom. The van der Waals surface area contributed by atoms with E-state index in [-0.39, 0.29) is 26.3 Å². The van der Waals surface area contributed by atoms with Crippen LogP contribution in [0.3, 0.4) is 0 Å². The Labute approximate surface area is 117 Å². The van der Waals surface area contributed by atoms with Crippen LogP contribution >= 0.6 is 11.6 Å². The summed E-state index contributed by atoms with van der Waals surface area (Å²) >= 11 is 5.80. The summed E-state index contributed by atoms with van der Waals surface area (Å²) in [6, 6.07) is 6.92. The lowest BCUT2D eigenvalue weighted by Crippen LogP contribution is -2.44. The van der Waals surface area contributed by atoms with E-state index in [4.69, 9.17) is 21.4 Å². The van der Waals surface area contributed by atoms with Gasteiger partial charge in [-0.3, -0.25) is 0 Å². The van der Waals surface area contributed by atoms with Crippen molar-refractivity contribution in [3.8, 4) is 5.75 Å². The lowest BCUT2D eigenvalue weighted by molar-refractivity contribution is -0.000325. The van der Waals surface area contributed by atoms with E-state index >= 15 is 0 Å². The van der Waals surface area contributed by atoms with E-state index in [9.17, 15) is 10.2 Å². The molecule has 0 spiro atoms. The van der Waals surface area contributed by atoms with E-state index in [0.717, 1.165) is 0 Å². The van der Waals surface area contributed by atoms with Crippen molar-refractivity contribution in [2.45, 2.75) is 18.6 Å². The lowest BCUT2D eigenvalue weighted by atomic mass is 10.1. The molecular formula is C13H20ClNO4. The molecule has 0 saturated heterocycles. The van der Waals surface area contributed by atoms with Crippen molar-refractivity contribution in [3.63, 3.8) is 0 Å². The molecular weight excluding hydrogens is 270 g/mol. The van der Waals surface area contributed by atoms with Crippen LogP contribution < -0.4 is 10.1 Å². The fraction of sp³-hybridized carbons (Fsp3) is 0.538. The highest BCUT2D eigenvalue weighted by molar-refractivity contribution is 6.30. The normalized spacial score (nSPS) is 15.8. The van der Waals surface area contributed by atoms with Crippen LogP contribution in [-0.4, -0.2) is 53.3 Å². The van der Waals surface area contributed by atoms with Crippen molar-refractivity contribution >= 4 is 11.6 Å². The first kappa shape index (κ1) is 16.2. The summed E-state index contributed by atoms with van der Waals surface area (Å²) in [5.41, 5.74) is -1.19. The molecule has 2 atom stereocenters. The third kappa shape index (κ3) is 6.75. The third-order valence-corrected chi connectivity index (χ3v) is 2.70. The predicted molar refractivity (Wildman–Crippen MR) is 73.5 cm³/mol. The van der Waals surface area contributed by atoms with Gasteiger partial charge < -0.3 is 25.4 Å². The molecule has 4 N–H and O–H groups in total. The molecule has 2 unspecified atom stereocenters. The summed E-state index contributed by atoms with van der Waals surface area (Å²) in [5, 5.41) is 31.5. The van der Waals surface area contributed by atoms with E-state index < -0.39 is 11.7 Å². The van der Waals surface area contributed by atoms with Crippen LogP contribution in [0.15, 0.2) is 24.3 Å². The van der Waals surface area contributed by atoms with Crippen molar-refractivity contribution in [2.24, 2.45) is 0 Å². The van der Waals surface area contributed by atoms with Crippen LogP contribution in [0.5, 0.6) is 5.75 Å². The van der Waals surface area contributed by atoms with Crippen molar-refractivity contribution in [1.82, 2.24) is 5.32 Å². The van der Waals surface area contributed by atoms with Gasteiger partial charge in [0.2, 0.25) is 0 Å². The number of benzene rings is 1. The standard InChI is InChI=1S/C13H20ClNO4/c1-13(18,9-16)8-15-6-11(17)7-19-12-4-2-3-10(14)5-12/h2-5,11,15-18H,6-9H2,1H3. The molecule has 19 heavy (non-hydrogen) atoms. The first-order chi connectivity index (χ1) is 8.93. The van der Waals surface area contributed by atoms with Crippen molar-refractivity contribution in [3.05, 3.63) is 29.3 Å². The molecule has 0 heterocycles. The lowest BCUT2D eigenvalue weighted by Gasteiger charge is -2.22. The number of rotatable bonds is 8. The van der Waals surface area contributed by atoms with Gasteiger partial charge in [-0.2, -0.15) is 0 Å². The zero-order chi connectivity index (χ0) is 14.3.